The standard InChI is InChI=1S/C18H19NO5/c1-23-16-11-12(3-9-15(16)20)4-10-17(21)19-14-7-5-13(6-8-14)18(22)24-2/h3,5-9,11,20H,4,10H2,1-2H3,(H,19,21). The quantitative estimate of drug-likeness (QED) is 0.796. The van der Waals surface area contributed by atoms with Crippen molar-refractivity contribution in [3.8, 4) is 11.5 Å². The molecule has 2 N–H and O–H groups in total. The van der Waals surface area contributed by atoms with Gasteiger partial charge in [-0.1, -0.05) is 6.07 Å². The summed E-state index contributed by atoms with van der Waals surface area (Å²) >= 11 is 0. The monoisotopic (exact) mass is 329 g/mol. The average molecular weight is 329 g/mol. The Hall–Kier alpha value is -3.02. The van der Waals surface area contributed by atoms with E-state index in [1.54, 1.807) is 36.4 Å². The molecule has 0 fully saturated rings. The Kier molecular flexibility index (Phi) is 5.78. The fourth-order valence-electron chi connectivity index (χ4n) is 2.17. The van der Waals surface area contributed by atoms with E-state index in [1.165, 1.54) is 20.3 Å². The maximum Gasteiger partial charge on any atom is 0.337 e. The van der Waals surface area contributed by atoms with Gasteiger partial charge in [-0.3, -0.25) is 4.79 Å². The Balaban J connectivity index is 1.90. The van der Waals surface area contributed by atoms with E-state index in [2.05, 4.69) is 10.1 Å². The number of benzene rings is 2. The normalized spacial score (nSPS) is 10.1. The van der Waals surface area contributed by atoms with Crippen LogP contribution in [0.4, 0.5) is 5.69 Å². The third-order valence-electron chi connectivity index (χ3n) is 3.47. The Morgan fingerprint density at radius 1 is 1.08 bits per heavy atom. The first kappa shape index (κ1) is 17.3. The highest BCUT2D eigenvalue weighted by atomic mass is 16.5. The van der Waals surface area contributed by atoms with Gasteiger partial charge in [0.15, 0.2) is 11.5 Å². The van der Waals surface area contributed by atoms with Crippen molar-refractivity contribution in [2.24, 2.45) is 0 Å². The van der Waals surface area contributed by atoms with Crippen LogP contribution in [0.15, 0.2) is 42.5 Å². The molecule has 2 rings (SSSR count). The van der Waals surface area contributed by atoms with Crippen LogP contribution >= 0.6 is 0 Å². The zero-order valence-electron chi connectivity index (χ0n) is 13.5. The summed E-state index contributed by atoms with van der Waals surface area (Å²) in [4.78, 5) is 23.3. The van der Waals surface area contributed by atoms with Crippen molar-refractivity contribution in [3.05, 3.63) is 53.6 Å². The molecule has 1 amide bonds. The molecule has 2 aromatic rings. The van der Waals surface area contributed by atoms with Gasteiger partial charge in [0.2, 0.25) is 5.91 Å². The molecule has 0 bridgehead atoms. The smallest absolute Gasteiger partial charge is 0.337 e. The summed E-state index contributed by atoms with van der Waals surface area (Å²) < 4.78 is 9.66. The minimum absolute atomic E-state index is 0.0661. The molecule has 2 aromatic carbocycles. The number of phenols is 1. The molecule has 0 atom stereocenters. The van der Waals surface area contributed by atoms with E-state index in [9.17, 15) is 14.7 Å². The van der Waals surface area contributed by atoms with E-state index in [0.29, 0.717) is 23.4 Å². The van der Waals surface area contributed by atoms with Gasteiger partial charge in [-0.05, 0) is 48.4 Å². The molecule has 126 valence electrons. The molecule has 0 aromatic heterocycles. The number of methoxy groups -OCH3 is 2. The van der Waals surface area contributed by atoms with Crippen LogP contribution in [-0.4, -0.2) is 31.2 Å². The second kappa shape index (κ2) is 8.01. The zero-order chi connectivity index (χ0) is 17.5. The second-order valence-electron chi connectivity index (χ2n) is 5.12. The van der Waals surface area contributed by atoms with Gasteiger partial charge in [0.05, 0.1) is 19.8 Å². The van der Waals surface area contributed by atoms with Gasteiger partial charge in [0.1, 0.15) is 0 Å². The average Bonchev–Trinajstić information content (AvgIpc) is 2.61. The Morgan fingerprint density at radius 2 is 1.79 bits per heavy atom. The number of esters is 1. The number of anilines is 1. The van der Waals surface area contributed by atoms with Crippen LogP contribution in [0.3, 0.4) is 0 Å². The summed E-state index contributed by atoms with van der Waals surface area (Å²) in [7, 11) is 2.79. The zero-order valence-corrected chi connectivity index (χ0v) is 13.5. The molecule has 0 saturated carbocycles. The van der Waals surface area contributed by atoms with E-state index >= 15 is 0 Å². The fraction of sp³-hybridized carbons (Fsp3) is 0.222. The highest BCUT2D eigenvalue weighted by Gasteiger charge is 2.08. The van der Waals surface area contributed by atoms with Crippen molar-refractivity contribution in [2.45, 2.75) is 12.8 Å². The number of nitrogens with one attached hydrogen (secondary N) is 1. The molecule has 6 nitrogen and oxygen atoms in total. The highest BCUT2D eigenvalue weighted by molar-refractivity contribution is 5.93. The predicted molar refractivity (Wildman–Crippen MR) is 89.4 cm³/mol. The van der Waals surface area contributed by atoms with Crippen LogP contribution in [0, 0.1) is 0 Å². The van der Waals surface area contributed by atoms with Crippen LogP contribution < -0.4 is 10.1 Å². The van der Waals surface area contributed by atoms with E-state index in [0.717, 1.165) is 5.56 Å². The van der Waals surface area contributed by atoms with Crippen LogP contribution in [0.5, 0.6) is 11.5 Å². The lowest BCUT2D eigenvalue weighted by molar-refractivity contribution is -0.116. The molecule has 0 aliphatic heterocycles. The maximum atomic E-state index is 12.0. The number of aryl methyl sites for hydroxylation is 1. The van der Waals surface area contributed by atoms with Gasteiger partial charge in [-0.15, -0.1) is 0 Å². The lowest BCUT2D eigenvalue weighted by Gasteiger charge is -2.08. The van der Waals surface area contributed by atoms with Crippen LogP contribution in [0.1, 0.15) is 22.3 Å². The first-order chi connectivity index (χ1) is 11.5. The Morgan fingerprint density at radius 3 is 2.42 bits per heavy atom. The van der Waals surface area contributed by atoms with Crippen molar-refractivity contribution < 1.29 is 24.2 Å². The summed E-state index contributed by atoms with van der Waals surface area (Å²) in [5.41, 5.74) is 1.92. The first-order valence-corrected chi connectivity index (χ1v) is 7.37. The Bertz CT molecular complexity index is 725. The van der Waals surface area contributed by atoms with Crippen molar-refractivity contribution in [1.82, 2.24) is 0 Å². The molecule has 0 heterocycles. The molecule has 24 heavy (non-hydrogen) atoms. The molecular formula is C18H19NO5. The van der Waals surface area contributed by atoms with E-state index in [-0.39, 0.29) is 18.1 Å². The molecule has 0 aliphatic rings. The second-order valence-corrected chi connectivity index (χ2v) is 5.12. The number of aromatic hydroxyl groups is 1. The van der Waals surface area contributed by atoms with Gasteiger partial charge < -0.3 is 19.9 Å². The van der Waals surface area contributed by atoms with Crippen molar-refractivity contribution in [3.63, 3.8) is 0 Å². The molecule has 0 aliphatic carbocycles. The minimum atomic E-state index is -0.422. The number of hydrogen-bond donors (Lipinski definition) is 2. The lowest BCUT2D eigenvalue weighted by Crippen LogP contribution is -2.12. The molecule has 0 saturated heterocycles. The van der Waals surface area contributed by atoms with E-state index in [1.807, 2.05) is 0 Å². The van der Waals surface area contributed by atoms with E-state index < -0.39 is 5.97 Å². The van der Waals surface area contributed by atoms with Crippen molar-refractivity contribution in [2.75, 3.05) is 19.5 Å². The number of phenolic OH excluding ortho intramolecular Hbond substituents is 1. The minimum Gasteiger partial charge on any atom is -0.504 e. The predicted octanol–water partition coefficient (Wildman–Crippen LogP) is 2.76. The first-order valence-electron chi connectivity index (χ1n) is 7.37. The number of rotatable bonds is 6. The van der Waals surface area contributed by atoms with Gasteiger partial charge in [-0.25, -0.2) is 4.79 Å². The molecule has 0 spiro atoms. The van der Waals surface area contributed by atoms with Gasteiger partial charge in [0, 0.05) is 12.1 Å². The topological polar surface area (TPSA) is 84.9 Å². The molecule has 6 heteroatoms. The number of carbonyl (C=O) groups is 2. The van der Waals surface area contributed by atoms with E-state index in [4.69, 9.17) is 4.74 Å². The van der Waals surface area contributed by atoms with Crippen LogP contribution in [0.25, 0.3) is 0 Å². The summed E-state index contributed by atoms with van der Waals surface area (Å²) in [6, 6.07) is 11.5. The SMILES string of the molecule is COC(=O)c1ccc(NC(=O)CCc2ccc(O)c(OC)c2)cc1. The third kappa shape index (κ3) is 4.49. The Labute approximate surface area is 140 Å². The van der Waals surface area contributed by atoms with Gasteiger partial charge in [0.25, 0.3) is 0 Å². The number of carbonyl (C=O) groups excluding carboxylic acids is 2. The maximum absolute atomic E-state index is 12.0. The van der Waals surface area contributed by atoms with Crippen LogP contribution in [-0.2, 0) is 16.0 Å². The van der Waals surface area contributed by atoms with Crippen LogP contribution in [0.2, 0.25) is 0 Å². The van der Waals surface area contributed by atoms with Crippen molar-refractivity contribution in [1.29, 1.82) is 0 Å². The molecular weight excluding hydrogens is 310 g/mol. The van der Waals surface area contributed by atoms with Crippen molar-refractivity contribution >= 4 is 17.6 Å². The fourth-order valence-corrected chi connectivity index (χ4v) is 2.17. The molecule has 0 unspecified atom stereocenters. The van der Waals surface area contributed by atoms with Gasteiger partial charge in [-0.2, -0.15) is 0 Å². The summed E-state index contributed by atoms with van der Waals surface area (Å²) in [6.45, 7) is 0. The largest absolute Gasteiger partial charge is 0.504 e. The number of amides is 1. The summed E-state index contributed by atoms with van der Waals surface area (Å²) in [6.07, 6.45) is 0.801. The number of ether oxygens (including phenoxy) is 2. The van der Waals surface area contributed by atoms with Gasteiger partial charge >= 0.3 is 5.97 Å². The summed E-state index contributed by atoms with van der Waals surface area (Å²) in [5, 5.41) is 12.3. The molecule has 0 radical (unpaired) electrons. The summed E-state index contributed by atoms with van der Waals surface area (Å²) in [5.74, 6) is -0.121. The lowest BCUT2D eigenvalue weighted by atomic mass is 10.1. The third-order valence-corrected chi connectivity index (χ3v) is 3.47. The highest BCUT2D eigenvalue weighted by Crippen LogP contribution is 2.26. The number of hydrogen-bond acceptors (Lipinski definition) is 5.